The summed E-state index contributed by atoms with van der Waals surface area (Å²) in [6.45, 7) is 3.79. The van der Waals surface area contributed by atoms with E-state index in [9.17, 15) is 0 Å². The van der Waals surface area contributed by atoms with Crippen molar-refractivity contribution >= 4 is 0 Å². The molecule has 1 fully saturated rings. The zero-order valence-electron chi connectivity index (χ0n) is 11.4. The van der Waals surface area contributed by atoms with Crippen LogP contribution in [-0.4, -0.2) is 19.8 Å². The van der Waals surface area contributed by atoms with Crippen LogP contribution in [0.15, 0.2) is 18.2 Å². The molecule has 0 unspecified atom stereocenters. The summed E-state index contributed by atoms with van der Waals surface area (Å²) in [7, 11) is 1.69. The predicted octanol–water partition coefficient (Wildman–Crippen LogP) is 3.13. The molecule has 0 spiro atoms. The minimum atomic E-state index is 0.708. The van der Waals surface area contributed by atoms with Gasteiger partial charge in [-0.2, -0.15) is 0 Å². The SMILES string of the molecule is CCCCOc1c(CNC2CC2)cccc1OC. The number of para-hydroxylation sites is 1. The van der Waals surface area contributed by atoms with E-state index in [1.807, 2.05) is 12.1 Å². The fourth-order valence-corrected chi connectivity index (χ4v) is 1.89. The summed E-state index contributed by atoms with van der Waals surface area (Å²) in [5.41, 5.74) is 1.19. The molecular formula is C15H23NO2. The van der Waals surface area contributed by atoms with Crippen LogP contribution in [0, 0.1) is 0 Å². The normalized spacial score (nSPS) is 14.6. The fraction of sp³-hybridized carbons (Fsp3) is 0.600. The largest absolute Gasteiger partial charge is 0.493 e. The van der Waals surface area contributed by atoms with E-state index in [0.717, 1.165) is 37.5 Å². The molecule has 0 radical (unpaired) electrons. The maximum absolute atomic E-state index is 5.89. The zero-order chi connectivity index (χ0) is 12.8. The van der Waals surface area contributed by atoms with Crippen LogP contribution in [0.3, 0.4) is 0 Å². The molecule has 3 heteroatoms. The smallest absolute Gasteiger partial charge is 0.165 e. The number of nitrogens with one attached hydrogen (secondary N) is 1. The lowest BCUT2D eigenvalue weighted by atomic mass is 10.2. The summed E-state index contributed by atoms with van der Waals surface area (Å²) < 4.78 is 11.3. The Bertz CT molecular complexity index is 375. The van der Waals surface area contributed by atoms with Crippen LogP contribution in [0.25, 0.3) is 0 Å². The monoisotopic (exact) mass is 249 g/mol. The summed E-state index contributed by atoms with van der Waals surface area (Å²) in [4.78, 5) is 0. The topological polar surface area (TPSA) is 30.5 Å². The lowest BCUT2D eigenvalue weighted by molar-refractivity contribution is 0.284. The van der Waals surface area contributed by atoms with Gasteiger partial charge >= 0.3 is 0 Å². The molecule has 0 aromatic heterocycles. The molecule has 0 saturated heterocycles. The Kier molecular flexibility index (Phi) is 4.88. The molecule has 0 aliphatic heterocycles. The third kappa shape index (κ3) is 3.64. The average Bonchev–Trinajstić information content (AvgIpc) is 3.21. The van der Waals surface area contributed by atoms with Crippen molar-refractivity contribution in [3.63, 3.8) is 0 Å². The van der Waals surface area contributed by atoms with Gasteiger partial charge in [0.15, 0.2) is 11.5 Å². The molecule has 0 amide bonds. The van der Waals surface area contributed by atoms with Gasteiger partial charge in [0.05, 0.1) is 13.7 Å². The van der Waals surface area contributed by atoms with Gasteiger partial charge in [0.1, 0.15) is 0 Å². The first kappa shape index (κ1) is 13.2. The number of ether oxygens (including phenoxy) is 2. The molecule has 3 nitrogen and oxygen atoms in total. The summed E-state index contributed by atoms with van der Waals surface area (Å²) in [5.74, 6) is 1.74. The molecule has 1 N–H and O–H groups in total. The van der Waals surface area contributed by atoms with E-state index in [4.69, 9.17) is 9.47 Å². The van der Waals surface area contributed by atoms with Crippen LogP contribution in [-0.2, 0) is 6.54 Å². The van der Waals surface area contributed by atoms with Gasteiger partial charge in [-0.3, -0.25) is 0 Å². The van der Waals surface area contributed by atoms with E-state index in [2.05, 4.69) is 18.3 Å². The number of methoxy groups -OCH3 is 1. The van der Waals surface area contributed by atoms with Crippen LogP contribution in [0.4, 0.5) is 0 Å². The van der Waals surface area contributed by atoms with Crippen LogP contribution >= 0.6 is 0 Å². The highest BCUT2D eigenvalue weighted by atomic mass is 16.5. The van der Waals surface area contributed by atoms with Crippen molar-refractivity contribution in [1.29, 1.82) is 0 Å². The Morgan fingerprint density at radius 2 is 2.17 bits per heavy atom. The Labute approximate surface area is 109 Å². The Morgan fingerprint density at radius 1 is 1.33 bits per heavy atom. The van der Waals surface area contributed by atoms with Crippen LogP contribution in [0.5, 0.6) is 11.5 Å². The van der Waals surface area contributed by atoms with Gasteiger partial charge in [-0.25, -0.2) is 0 Å². The van der Waals surface area contributed by atoms with E-state index in [1.165, 1.54) is 18.4 Å². The maximum Gasteiger partial charge on any atom is 0.165 e. The standard InChI is InChI=1S/C15H23NO2/c1-3-4-10-18-15-12(11-16-13-8-9-13)6-5-7-14(15)17-2/h5-7,13,16H,3-4,8-11H2,1-2H3. The third-order valence-electron chi connectivity index (χ3n) is 3.18. The van der Waals surface area contributed by atoms with Crippen molar-refractivity contribution in [3.05, 3.63) is 23.8 Å². The van der Waals surface area contributed by atoms with Gasteiger partial charge in [-0.1, -0.05) is 25.5 Å². The molecule has 0 bridgehead atoms. The third-order valence-corrected chi connectivity index (χ3v) is 3.18. The molecule has 100 valence electrons. The Hall–Kier alpha value is -1.22. The highest BCUT2D eigenvalue weighted by molar-refractivity contribution is 5.46. The van der Waals surface area contributed by atoms with E-state index in [0.29, 0.717) is 6.04 Å². The predicted molar refractivity (Wildman–Crippen MR) is 73.3 cm³/mol. The van der Waals surface area contributed by atoms with Crippen molar-refractivity contribution in [2.45, 2.75) is 45.2 Å². The highest BCUT2D eigenvalue weighted by Crippen LogP contribution is 2.32. The molecule has 1 aliphatic rings. The van der Waals surface area contributed by atoms with Crippen molar-refractivity contribution in [3.8, 4) is 11.5 Å². The molecular weight excluding hydrogens is 226 g/mol. The minimum Gasteiger partial charge on any atom is -0.493 e. The number of hydrogen-bond donors (Lipinski definition) is 1. The van der Waals surface area contributed by atoms with Crippen molar-refractivity contribution in [2.24, 2.45) is 0 Å². The van der Waals surface area contributed by atoms with Crippen LogP contribution in [0.1, 0.15) is 38.2 Å². The van der Waals surface area contributed by atoms with Crippen molar-refractivity contribution < 1.29 is 9.47 Å². The van der Waals surface area contributed by atoms with Crippen LogP contribution in [0.2, 0.25) is 0 Å². The molecule has 1 aromatic rings. The molecule has 1 aliphatic carbocycles. The quantitative estimate of drug-likeness (QED) is 0.718. The lowest BCUT2D eigenvalue weighted by Gasteiger charge is -2.15. The molecule has 2 rings (SSSR count). The van der Waals surface area contributed by atoms with Gasteiger partial charge in [-0.15, -0.1) is 0 Å². The first-order chi connectivity index (χ1) is 8.85. The number of unbranched alkanes of at least 4 members (excludes halogenated alkanes) is 1. The van der Waals surface area contributed by atoms with Gasteiger partial charge in [0.25, 0.3) is 0 Å². The average molecular weight is 249 g/mol. The lowest BCUT2D eigenvalue weighted by Crippen LogP contribution is -2.16. The van der Waals surface area contributed by atoms with Gasteiger partial charge < -0.3 is 14.8 Å². The van der Waals surface area contributed by atoms with Crippen LogP contribution < -0.4 is 14.8 Å². The number of rotatable bonds is 8. The van der Waals surface area contributed by atoms with E-state index in [1.54, 1.807) is 7.11 Å². The van der Waals surface area contributed by atoms with Crippen molar-refractivity contribution in [1.82, 2.24) is 5.32 Å². The Balaban J connectivity index is 2.03. The summed E-state index contributed by atoms with van der Waals surface area (Å²) in [6.07, 6.45) is 4.82. The first-order valence-electron chi connectivity index (χ1n) is 6.87. The van der Waals surface area contributed by atoms with Gasteiger partial charge in [0, 0.05) is 18.2 Å². The maximum atomic E-state index is 5.89. The second kappa shape index (κ2) is 6.64. The minimum absolute atomic E-state index is 0.708. The second-order valence-corrected chi connectivity index (χ2v) is 4.81. The highest BCUT2D eigenvalue weighted by Gasteiger charge is 2.21. The van der Waals surface area contributed by atoms with E-state index < -0.39 is 0 Å². The molecule has 18 heavy (non-hydrogen) atoms. The summed E-state index contributed by atoms with van der Waals surface area (Å²) in [5, 5.41) is 3.52. The number of hydrogen-bond acceptors (Lipinski definition) is 3. The van der Waals surface area contributed by atoms with Crippen molar-refractivity contribution in [2.75, 3.05) is 13.7 Å². The Morgan fingerprint density at radius 3 is 2.83 bits per heavy atom. The summed E-state index contributed by atoms with van der Waals surface area (Å²) >= 11 is 0. The number of benzene rings is 1. The van der Waals surface area contributed by atoms with E-state index in [-0.39, 0.29) is 0 Å². The molecule has 1 saturated carbocycles. The molecule has 0 heterocycles. The fourth-order valence-electron chi connectivity index (χ4n) is 1.89. The summed E-state index contributed by atoms with van der Waals surface area (Å²) in [6, 6.07) is 6.80. The second-order valence-electron chi connectivity index (χ2n) is 4.81. The van der Waals surface area contributed by atoms with Gasteiger partial charge in [0.2, 0.25) is 0 Å². The molecule has 0 atom stereocenters. The zero-order valence-corrected chi connectivity index (χ0v) is 11.4. The first-order valence-corrected chi connectivity index (χ1v) is 6.87. The molecule has 1 aromatic carbocycles. The van der Waals surface area contributed by atoms with E-state index >= 15 is 0 Å². The van der Waals surface area contributed by atoms with Gasteiger partial charge in [-0.05, 0) is 25.3 Å².